The number of halogens is 1. The minimum absolute atomic E-state index is 0.0414. The number of benzene rings is 1. The first-order valence-electron chi connectivity index (χ1n) is 9.43. The lowest BCUT2D eigenvalue weighted by molar-refractivity contribution is -0.132. The summed E-state index contributed by atoms with van der Waals surface area (Å²) >= 11 is 0. The molecule has 0 bridgehead atoms. The van der Waals surface area contributed by atoms with Crippen molar-refractivity contribution in [1.29, 1.82) is 0 Å². The lowest BCUT2D eigenvalue weighted by Gasteiger charge is -2.26. The number of hydrogen-bond donors (Lipinski definition) is 2. The Kier molecular flexibility index (Phi) is 5.83. The van der Waals surface area contributed by atoms with E-state index >= 15 is 0 Å². The minimum Gasteiger partial charge on any atom is -0.494 e. The Hall–Kier alpha value is -3.01. The third-order valence-corrected chi connectivity index (χ3v) is 5.03. The summed E-state index contributed by atoms with van der Waals surface area (Å²) in [5.74, 6) is 0.235. The zero-order valence-electron chi connectivity index (χ0n) is 17.0. The van der Waals surface area contributed by atoms with Crippen LogP contribution in [-0.2, 0) is 11.2 Å². The molecule has 0 saturated carbocycles. The van der Waals surface area contributed by atoms with Crippen LogP contribution >= 0.6 is 0 Å². The fourth-order valence-corrected chi connectivity index (χ4v) is 3.22. The van der Waals surface area contributed by atoms with E-state index in [0.717, 1.165) is 12.8 Å². The van der Waals surface area contributed by atoms with E-state index in [1.54, 1.807) is 18.9 Å². The number of nitrogen functional groups attached to an aromatic ring is 1. The topological polar surface area (TPSA) is 125 Å². The summed E-state index contributed by atoms with van der Waals surface area (Å²) < 4.78 is 20.6. The first-order chi connectivity index (χ1) is 13.7. The maximum atomic E-state index is 14.2. The van der Waals surface area contributed by atoms with Gasteiger partial charge in [-0.1, -0.05) is 0 Å². The molecule has 0 aliphatic rings. The van der Waals surface area contributed by atoms with Gasteiger partial charge in [0.05, 0.1) is 18.7 Å². The highest BCUT2D eigenvalue weighted by atomic mass is 19.1. The zero-order chi connectivity index (χ0) is 21.3. The van der Waals surface area contributed by atoms with Crippen LogP contribution in [0.2, 0.25) is 0 Å². The van der Waals surface area contributed by atoms with Gasteiger partial charge in [0.15, 0.2) is 23.0 Å². The van der Waals surface area contributed by atoms with E-state index in [2.05, 4.69) is 15.1 Å². The number of fused-ring (bicyclic) bond motifs is 3. The van der Waals surface area contributed by atoms with Gasteiger partial charge in [0.1, 0.15) is 0 Å². The minimum atomic E-state index is -0.523. The molecule has 10 heteroatoms. The number of nitrogens with zero attached hydrogens (tertiary/aromatic N) is 5. The predicted molar refractivity (Wildman–Crippen MR) is 108 cm³/mol. The molecule has 3 rings (SSSR count). The van der Waals surface area contributed by atoms with Gasteiger partial charge in [0.2, 0.25) is 11.9 Å². The molecule has 1 aromatic carbocycles. The van der Waals surface area contributed by atoms with Crippen LogP contribution in [0, 0.1) is 5.82 Å². The fraction of sp³-hybridized carbons (Fsp3) is 0.474. The summed E-state index contributed by atoms with van der Waals surface area (Å²) in [6, 6.07) is 2.33. The lowest BCUT2D eigenvalue weighted by atomic mass is 10.1. The number of nitrogens with two attached hydrogens (primary N) is 2. The standard InChI is InChI=1S/C19H26FN7O2/c1-10(26(3)18(28)11(2)21)6-5-7-16-24-17-12-8-13(20)15(29-4)9-14(12)23-19(22)27(17)25-16/h8-11H,5-7,21H2,1-4H3,(H2,22,23)/t10-,11-/m0/s1. The molecule has 2 heterocycles. The Morgan fingerprint density at radius 2 is 2.07 bits per heavy atom. The Labute approximate surface area is 167 Å². The summed E-state index contributed by atoms with van der Waals surface area (Å²) in [7, 11) is 3.14. The molecule has 0 fully saturated rings. The average molecular weight is 403 g/mol. The van der Waals surface area contributed by atoms with Crippen LogP contribution in [0.25, 0.3) is 16.6 Å². The molecule has 156 valence electrons. The zero-order valence-corrected chi connectivity index (χ0v) is 17.0. The summed E-state index contributed by atoms with van der Waals surface area (Å²) in [5.41, 5.74) is 12.6. The first kappa shape index (κ1) is 20.7. The Balaban J connectivity index is 1.79. The highest BCUT2D eigenvalue weighted by Gasteiger charge is 2.19. The van der Waals surface area contributed by atoms with Gasteiger partial charge in [-0.15, -0.1) is 5.10 Å². The van der Waals surface area contributed by atoms with Crippen molar-refractivity contribution in [3.8, 4) is 5.75 Å². The molecule has 0 unspecified atom stereocenters. The van der Waals surface area contributed by atoms with Crippen LogP contribution in [0.4, 0.5) is 10.3 Å². The monoisotopic (exact) mass is 403 g/mol. The van der Waals surface area contributed by atoms with Crippen molar-refractivity contribution >= 4 is 28.4 Å². The Morgan fingerprint density at radius 1 is 1.34 bits per heavy atom. The number of anilines is 1. The SMILES string of the molecule is COc1cc2nc(N)n3nc(CCC[C@H](C)N(C)C(=O)[C@H](C)N)nc3c2cc1F. The molecular weight excluding hydrogens is 377 g/mol. The number of ether oxygens (including phenoxy) is 1. The van der Waals surface area contributed by atoms with Crippen LogP contribution in [-0.4, -0.2) is 56.6 Å². The molecule has 0 saturated heterocycles. The molecule has 2 atom stereocenters. The second-order valence-corrected chi connectivity index (χ2v) is 7.22. The van der Waals surface area contributed by atoms with Crippen LogP contribution in [0.15, 0.2) is 12.1 Å². The quantitative estimate of drug-likeness (QED) is 0.613. The summed E-state index contributed by atoms with van der Waals surface area (Å²) in [6.07, 6.45) is 2.12. The highest BCUT2D eigenvalue weighted by molar-refractivity contribution is 5.93. The molecule has 1 amide bonds. The van der Waals surface area contributed by atoms with Crippen molar-refractivity contribution in [2.75, 3.05) is 19.9 Å². The maximum Gasteiger partial charge on any atom is 0.239 e. The van der Waals surface area contributed by atoms with Gasteiger partial charge in [0, 0.05) is 31.0 Å². The van der Waals surface area contributed by atoms with Crippen molar-refractivity contribution in [3.05, 3.63) is 23.8 Å². The molecule has 0 spiro atoms. The number of rotatable bonds is 7. The van der Waals surface area contributed by atoms with Gasteiger partial charge in [-0.3, -0.25) is 4.79 Å². The summed E-state index contributed by atoms with van der Waals surface area (Å²) in [5, 5.41) is 4.91. The third kappa shape index (κ3) is 4.07. The average Bonchev–Trinajstić information content (AvgIpc) is 3.12. The lowest BCUT2D eigenvalue weighted by Crippen LogP contribution is -2.44. The Morgan fingerprint density at radius 3 is 2.72 bits per heavy atom. The van der Waals surface area contributed by atoms with Gasteiger partial charge >= 0.3 is 0 Å². The second kappa shape index (κ2) is 8.16. The smallest absolute Gasteiger partial charge is 0.239 e. The second-order valence-electron chi connectivity index (χ2n) is 7.22. The molecule has 0 aliphatic heterocycles. The molecule has 2 aromatic heterocycles. The number of aromatic nitrogens is 4. The van der Waals surface area contributed by atoms with Crippen molar-refractivity contribution in [2.45, 2.75) is 45.2 Å². The number of amides is 1. The van der Waals surface area contributed by atoms with Gasteiger partial charge in [0.25, 0.3) is 0 Å². The largest absolute Gasteiger partial charge is 0.494 e. The highest BCUT2D eigenvalue weighted by Crippen LogP contribution is 2.27. The van der Waals surface area contributed by atoms with Gasteiger partial charge < -0.3 is 21.1 Å². The number of methoxy groups -OCH3 is 1. The number of likely N-dealkylation sites (N-methyl/N-ethyl adjacent to an activating group) is 1. The van der Waals surface area contributed by atoms with E-state index in [0.29, 0.717) is 28.8 Å². The molecular formula is C19H26FN7O2. The molecule has 0 aliphatic carbocycles. The van der Waals surface area contributed by atoms with E-state index in [4.69, 9.17) is 16.2 Å². The normalized spacial score (nSPS) is 13.6. The van der Waals surface area contributed by atoms with Gasteiger partial charge in [-0.25, -0.2) is 14.4 Å². The number of carbonyl (C=O) groups excluding carboxylic acids is 1. The van der Waals surface area contributed by atoms with E-state index in [-0.39, 0.29) is 23.6 Å². The van der Waals surface area contributed by atoms with E-state index in [9.17, 15) is 9.18 Å². The third-order valence-electron chi connectivity index (χ3n) is 5.03. The fourth-order valence-electron chi connectivity index (χ4n) is 3.22. The van der Waals surface area contributed by atoms with Gasteiger partial charge in [-0.05, 0) is 32.8 Å². The number of carbonyl (C=O) groups is 1. The van der Waals surface area contributed by atoms with Crippen LogP contribution in [0.3, 0.4) is 0 Å². The van der Waals surface area contributed by atoms with E-state index in [1.807, 2.05) is 6.92 Å². The first-order valence-corrected chi connectivity index (χ1v) is 9.43. The molecule has 0 radical (unpaired) electrons. The maximum absolute atomic E-state index is 14.2. The van der Waals surface area contributed by atoms with Gasteiger partial charge in [-0.2, -0.15) is 4.52 Å². The summed E-state index contributed by atoms with van der Waals surface area (Å²) in [4.78, 5) is 22.4. The Bertz CT molecular complexity index is 1050. The predicted octanol–water partition coefficient (Wildman–Crippen LogP) is 1.52. The molecule has 4 N–H and O–H groups in total. The van der Waals surface area contributed by atoms with Crippen LogP contribution in [0.5, 0.6) is 5.75 Å². The van der Waals surface area contributed by atoms with E-state index < -0.39 is 11.9 Å². The van der Waals surface area contributed by atoms with E-state index in [1.165, 1.54) is 23.8 Å². The van der Waals surface area contributed by atoms with Crippen LogP contribution in [0.1, 0.15) is 32.5 Å². The van der Waals surface area contributed by atoms with Crippen LogP contribution < -0.4 is 16.2 Å². The number of aryl methyl sites for hydroxylation is 1. The number of hydrogen-bond acceptors (Lipinski definition) is 7. The molecule has 9 nitrogen and oxygen atoms in total. The molecule has 3 aromatic rings. The van der Waals surface area contributed by atoms with Crippen molar-refractivity contribution in [1.82, 2.24) is 24.5 Å². The van der Waals surface area contributed by atoms with Crippen molar-refractivity contribution in [3.63, 3.8) is 0 Å². The summed E-state index contributed by atoms with van der Waals surface area (Å²) in [6.45, 7) is 3.65. The van der Waals surface area contributed by atoms with Crippen molar-refractivity contribution < 1.29 is 13.9 Å². The van der Waals surface area contributed by atoms with Crippen molar-refractivity contribution in [2.24, 2.45) is 5.73 Å². The molecule has 29 heavy (non-hydrogen) atoms.